The molecule has 1 aliphatic rings. The Morgan fingerprint density at radius 3 is 2.50 bits per heavy atom. The van der Waals surface area contributed by atoms with E-state index >= 15 is 0 Å². The van der Waals surface area contributed by atoms with Crippen LogP contribution in [0.1, 0.15) is 20.8 Å². The van der Waals surface area contributed by atoms with Crippen molar-refractivity contribution in [3.8, 4) is 11.5 Å². The van der Waals surface area contributed by atoms with E-state index in [0.717, 1.165) is 10.6 Å². The first kappa shape index (κ1) is 16.4. The summed E-state index contributed by atoms with van der Waals surface area (Å²) >= 11 is 0. The molecule has 1 amide bonds. The number of carbonyl (C=O) groups is 1. The monoisotopic (exact) mass is 328 g/mol. The summed E-state index contributed by atoms with van der Waals surface area (Å²) in [5, 5.41) is 2.74. The van der Waals surface area contributed by atoms with Crippen molar-refractivity contribution in [2.24, 2.45) is 0 Å². The zero-order valence-electron chi connectivity index (χ0n) is 13.0. The van der Waals surface area contributed by atoms with Crippen LogP contribution in [-0.4, -0.2) is 39.5 Å². The van der Waals surface area contributed by atoms with Crippen molar-refractivity contribution in [2.75, 3.05) is 23.9 Å². The molecule has 1 aromatic carbocycles. The molecule has 7 nitrogen and oxygen atoms in total. The van der Waals surface area contributed by atoms with Crippen LogP contribution < -0.4 is 19.1 Å². The summed E-state index contributed by atoms with van der Waals surface area (Å²) < 4.78 is 35.5. The van der Waals surface area contributed by atoms with Crippen molar-refractivity contribution in [1.29, 1.82) is 0 Å². The quantitative estimate of drug-likeness (QED) is 0.894. The number of hydrogen-bond acceptors (Lipinski definition) is 5. The number of sulfonamides is 1. The molecule has 0 unspecified atom stereocenters. The highest BCUT2D eigenvalue weighted by Gasteiger charge is 2.25. The van der Waals surface area contributed by atoms with Gasteiger partial charge in [0.15, 0.2) is 11.5 Å². The Morgan fingerprint density at radius 2 is 1.91 bits per heavy atom. The Morgan fingerprint density at radius 1 is 1.27 bits per heavy atom. The summed E-state index contributed by atoms with van der Waals surface area (Å²) in [6, 6.07) is 4.75. The molecule has 1 aliphatic heterocycles. The van der Waals surface area contributed by atoms with Crippen LogP contribution in [0.5, 0.6) is 11.5 Å². The number of nitrogens with one attached hydrogen (secondary N) is 1. The fourth-order valence-electron chi connectivity index (χ4n) is 2.03. The van der Waals surface area contributed by atoms with E-state index in [1.54, 1.807) is 18.2 Å². The number of benzene rings is 1. The number of amides is 1. The van der Waals surface area contributed by atoms with Crippen LogP contribution in [0.25, 0.3) is 0 Å². The second-order valence-corrected chi connectivity index (χ2v) is 8.01. The molecule has 0 saturated heterocycles. The van der Waals surface area contributed by atoms with Gasteiger partial charge in [-0.15, -0.1) is 0 Å². The topological polar surface area (TPSA) is 84.9 Å². The van der Waals surface area contributed by atoms with Gasteiger partial charge in [-0.05, 0) is 32.9 Å². The molecule has 1 N–H and O–H groups in total. The van der Waals surface area contributed by atoms with Crippen LogP contribution in [0, 0.1) is 0 Å². The highest BCUT2D eigenvalue weighted by molar-refractivity contribution is 7.92. The van der Waals surface area contributed by atoms with Crippen molar-refractivity contribution < 1.29 is 22.7 Å². The molecule has 0 aliphatic carbocycles. The van der Waals surface area contributed by atoms with Gasteiger partial charge < -0.3 is 14.8 Å². The summed E-state index contributed by atoms with van der Waals surface area (Å²) in [6.07, 6.45) is 1.06. The second kappa shape index (κ2) is 5.68. The van der Waals surface area contributed by atoms with Gasteiger partial charge >= 0.3 is 0 Å². The number of hydrogen-bond donors (Lipinski definition) is 1. The molecular weight excluding hydrogens is 308 g/mol. The van der Waals surface area contributed by atoms with Gasteiger partial charge in [0.25, 0.3) is 0 Å². The zero-order valence-corrected chi connectivity index (χ0v) is 13.9. The zero-order chi connectivity index (χ0) is 16.5. The van der Waals surface area contributed by atoms with Crippen LogP contribution in [0.15, 0.2) is 18.2 Å². The summed E-state index contributed by atoms with van der Waals surface area (Å²) in [4.78, 5) is 12.0. The van der Waals surface area contributed by atoms with Gasteiger partial charge in [0, 0.05) is 11.6 Å². The van der Waals surface area contributed by atoms with Crippen LogP contribution in [0.3, 0.4) is 0 Å². The van der Waals surface area contributed by atoms with E-state index in [0.29, 0.717) is 17.2 Å². The van der Waals surface area contributed by atoms with E-state index in [9.17, 15) is 13.2 Å². The molecular formula is C14H20N2O5S. The highest BCUT2D eigenvalue weighted by atomic mass is 32.2. The maximum Gasteiger partial charge on any atom is 0.241 e. The molecule has 2 rings (SSSR count). The van der Waals surface area contributed by atoms with Crippen molar-refractivity contribution in [1.82, 2.24) is 5.32 Å². The van der Waals surface area contributed by atoms with Crippen molar-refractivity contribution >= 4 is 21.6 Å². The molecule has 122 valence electrons. The minimum atomic E-state index is -3.61. The summed E-state index contributed by atoms with van der Waals surface area (Å²) in [7, 11) is -3.61. The molecule has 0 atom stereocenters. The molecule has 8 heteroatoms. The van der Waals surface area contributed by atoms with Gasteiger partial charge in [0.2, 0.25) is 22.7 Å². The summed E-state index contributed by atoms with van der Waals surface area (Å²) in [5.74, 6) is 0.634. The Kier molecular flexibility index (Phi) is 4.23. The van der Waals surface area contributed by atoms with Crippen molar-refractivity contribution in [3.63, 3.8) is 0 Å². The molecule has 0 fully saturated rings. The SMILES string of the molecule is CC(C)(C)NC(=O)CN(c1ccc2c(c1)OCO2)S(C)(=O)=O. The predicted molar refractivity (Wildman–Crippen MR) is 82.7 cm³/mol. The molecule has 0 radical (unpaired) electrons. The Labute approximate surface area is 130 Å². The van der Waals surface area contributed by atoms with Gasteiger partial charge in [-0.1, -0.05) is 0 Å². The number of nitrogens with zero attached hydrogens (tertiary/aromatic N) is 1. The van der Waals surface area contributed by atoms with Crippen LogP contribution >= 0.6 is 0 Å². The summed E-state index contributed by atoms with van der Waals surface area (Å²) in [6.45, 7) is 5.29. The van der Waals surface area contributed by atoms with E-state index < -0.39 is 15.6 Å². The second-order valence-electron chi connectivity index (χ2n) is 6.11. The lowest BCUT2D eigenvalue weighted by atomic mass is 10.1. The molecule has 22 heavy (non-hydrogen) atoms. The van der Waals surface area contributed by atoms with E-state index in [-0.39, 0.29) is 19.2 Å². The largest absolute Gasteiger partial charge is 0.454 e. The smallest absolute Gasteiger partial charge is 0.241 e. The lowest BCUT2D eigenvalue weighted by molar-refractivity contribution is -0.121. The lowest BCUT2D eigenvalue weighted by Crippen LogP contribution is -2.47. The van der Waals surface area contributed by atoms with E-state index in [4.69, 9.17) is 9.47 Å². The Bertz CT molecular complexity index is 679. The average molecular weight is 328 g/mol. The van der Waals surface area contributed by atoms with Gasteiger partial charge in [0.05, 0.1) is 11.9 Å². The molecule has 0 aromatic heterocycles. The van der Waals surface area contributed by atoms with Gasteiger partial charge in [-0.2, -0.15) is 0 Å². The van der Waals surface area contributed by atoms with Crippen molar-refractivity contribution in [3.05, 3.63) is 18.2 Å². The number of ether oxygens (including phenoxy) is 2. The maximum absolute atomic E-state index is 12.0. The predicted octanol–water partition coefficient (Wildman–Crippen LogP) is 1.10. The Balaban J connectivity index is 2.26. The fraction of sp³-hybridized carbons (Fsp3) is 0.500. The van der Waals surface area contributed by atoms with Gasteiger partial charge in [0.1, 0.15) is 6.54 Å². The third-order valence-corrected chi connectivity index (χ3v) is 3.99. The van der Waals surface area contributed by atoms with Crippen LogP contribution in [0.4, 0.5) is 5.69 Å². The van der Waals surface area contributed by atoms with Gasteiger partial charge in [-0.25, -0.2) is 8.42 Å². The Hall–Kier alpha value is -1.96. The number of anilines is 1. The third kappa shape index (κ3) is 4.03. The first-order chi connectivity index (χ1) is 10.1. The summed E-state index contributed by atoms with van der Waals surface area (Å²) in [5.41, 5.74) is -0.0781. The van der Waals surface area contributed by atoms with Crippen LogP contribution in [-0.2, 0) is 14.8 Å². The van der Waals surface area contributed by atoms with E-state index in [1.807, 2.05) is 20.8 Å². The lowest BCUT2D eigenvalue weighted by Gasteiger charge is -2.25. The third-order valence-electron chi connectivity index (χ3n) is 2.85. The van der Waals surface area contributed by atoms with E-state index in [2.05, 4.69) is 5.32 Å². The van der Waals surface area contributed by atoms with E-state index in [1.165, 1.54) is 0 Å². The molecule has 1 heterocycles. The molecule has 0 saturated carbocycles. The number of fused-ring (bicyclic) bond motifs is 1. The average Bonchev–Trinajstić information content (AvgIpc) is 2.79. The molecule has 0 bridgehead atoms. The number of rotatable bonds is 4. The minimum Gasteiger partial charge on any atom is -0.454 e. The van der Waals surface area contributed by atoms with Crippen LogP contribution in [0.2, 0.25) is 0 Å². The standard InChI is InChI=1S/C14H20N2O5S/c1-14(2,3)15-13(17)8-16(22(4,18)19)10-5-6-11-12(7-10)21-9-20-11/h5-7H,8-9H2,1-4H3,(H,15,17). The fourth-order valence-corrected chi connectivity index (χ4v) is 2.88. The minimum absolute atomic E-state index is 0.0994. The molecule has 0 spiro atoms. The highest BCUT2D eigenvalue weighted by Crippen LogP contribution is 2.36. The molecule has 1 aromatic rings. The first-order valence-electron chi connectivity index (χ1n) is 6.75. The van der Waals surface area contributed by atoms with Gasteiger partial charge in [-0.3, -0.25) is 9.10 Å². The normalized spacial score (nSPS) is 13.8. The maximum atomic E-state index is 12.0. The van der Waals surface area contributed by atoms with Crippen molar-refractivity contribution in [2.45, 2.75) is 26.3 Å². The number of carbonyl (C=O) groups excluding carboxylic acids is 1. The first-order valence-corrected chi connectivity index (χ1v) is 8.59.